The first-order valence-electron chi connectivity index (χ1n) is 12.2. The standard InChI is InChI=1S/C29H29F5O2/c1-3-35-25-17-16-24(26(27(25)30)28(31)32)21-10-14-23(15-11-21)36-29(33,34)22-12-8-20(9-13-22)19-6-4-18(2)5-7-19/h8-19,28H,3-7H2,1-2H3. The molecule has 0 heterocycles. The smallest absolute Gasteiger partial charge is 0.426 e. The van der Waals surface area contributed by atoms with Crippen molar-refractivity contribution in [3.8, 4) is 22.6 Å². The molecule has 4 rings (SSSR count). The number of ether oxygens (including phenoxy) is 2. The van der Waals surface area contributed by atoms with Gasteiger partial charge in [0.25, 0.3) is 6.43 Å². The molecule has 1 fully saturated rings. The Morgan fingerprint density at radius 2 is 1.53 bits per heavy atom. The predicted molar refractivity (Wildman–Crippen MR) is 129 cm³/mol. The molecule has 7 heteroatoms. The fourth-order valence-corrected chi connectivity index (χ4v) is 4.76. The molecule has 0 saturated heterocycles. The summed E-state index contributed by atoms with van der Waals surface area (Å²) in [5, 5.41) is 0. The van der Waals surface area contributed by atoms with Crippen molar-refractivity contribution in [1.82, 2.24) is 0 Å². The van der Waals surface area contributed by atoms with Crippen LogP contribution in [-0.2, 0) is 6.11 Å². The fraction of sp³-hybridized carbons (Fsp3) is 0.379. The molecular weight excluding hydrogens is 475 g/mol. The van der Waals surface area contributed by atoms with E-state index in [1.807, 2.05) is 0 Å². The summed E-state index contributed by atoms with van der Waals surface area (Å²) in [4.78, 5) is 0. The van der Waals surface area contributed by atoms with Crippen LogP contribution in [0, 0.1) is 11.7 Å². The second-order valence-electron chi connectivity index (χ2n) is 9.29. The van der Waals surface area contributed by atoms with Crippen LogP contribution in [-0.4, -0.2) is 6.61 Å². The minimum Gasteiger partial charge on any atom is -0.491 e. The molecule has 0 bridgehead atoms. The highest BCUT2D eigenvalue weighted by molar-refractivity contribution is 5.69. The van der Waals surface area contributed by atoms with Crippen LogP contribution in [0.25, 0.3) is 11.1 Å². The largest absolute Gasteiger partial charge is 0.491 e. The molecule has 2 nitrogen and oxygen atoms in total. The molecule has 36 heavy (non-hydrogen) atoms. The van der Waals surface area contributed by atoms with Gasteiger partial charge in [0.05, 0.1) is 17.7 Å². The Kier molecular flexibility index (Phi) is 7.86. The van der Waals surface area contributed by atoms with Crippen LogP contribution in [0.2, 0.25) is 0 Å². The Hall–Kier alpha value is -3.09. The maximum atomic E-state index is 14.8. The Labute approximate surface area is 208 Å². The van der Waals surface area contributed by atoms with E-state index in [0.29, 0.717) is 11.8 Å². The lowest BCUT2D eigenvalue weighted by Gasteiger charge is -2.27. The second-order valence-corrected chi connectivity index (χ2v) is 9.29. The van der Waals surface area contributed by atoms with Gasteiger partial charge in [-0.05, 0) is 84.7 Å². The third-order valence-electron chi connectivity index (χ3n) is 6.81. The molecule has 0 aromatic heterocycles. The predicted octanol–water partition coefficient (Wildman–Crippen LogP) is 9.25. The summed E-state index contributed by atoms with van der Waals surface area (Å²) in [6.45, 7) is 3.98. The van der Waals surface area contributed by atoms with Crippen molar-refractivity contribution in [2.24, 2.45) is 5.92 Å². The first kappa shape index (κ1) is 26.0. The van der Waals surface area contributed by atoms with Crippen molar-refractivity contribution >= 4 is 0 Å². The lowest BCUT2D eigenvalue weighted by Crippen LogP contribution is -2.22. The van der Waals surface area contributed by atoms with E-state index >= 15 is 0 Å². The molecule has 0 N–H and O–H groups in total. The van der Waals surface area contributed by atoms with Crippen molar-refractivity contribution in [3.05, 3.63) is 83.2 Å². The maximum absolute atomic E-state index is 14.8. The summed E-state index contributed by atoms with van der Waals surface area (Å²) in [6, 6.07) is 14.1. The topological polar surface area (TPSA) is 18.5 Å². The van der Waals surface area contributed by atoms with Crippen molar-refractivity contribution < 1.29 is 31.4 Å². The molecular formula is C29H29F5O2. The highest BCUT2D eigenvalue weighted by atomic mass is 19.3. The number of halogens is 5. The van der Waals surface area contributed by atoms with E-state index in [-0.39, 0.29) is 34.8 Å². The summed E-state index contributed by atoms with van der Waals surface area (Å²) in [6.07, 6.45) is -2.26. The molecule has 0 unspecified atom stereocenters. The maximum Gasteiger partial charge on any atom is 0.426 e. The lowest BCUT2D eigenvalue weighted by molar-refractivity contribution is -0.185. The number of benzene rings is 3. The summed E-state index contributed by atoms with van der Waals surface area (Å²) < 4.78 is 81.6. The lowest BCUT2D eigenvalue weighted by atomic mass is 9.79. The molecule has 0 amide bonds. The average molecular weight is 505 g/mol. The third-order valence-corrected chi connectivity index (χ3v) is 6.81. The van der Waals surface area contributed by atoms with Gasteiger partial charge < -0.3 is 9.47 Å². The minimum atomic E-state index is -3.58. The van der Waals surface area contributed by atoms with E-state index in [1.54, 1.807) is 19.1 Å². The van der Waals surface area contributed by atoms with E-state index in [1.165, 1.54) is 48.5 Å². The molecule has 1 aliphatic carbocycles. The van der Waals surface area contributed by atoms with Gasteiger partial charge in [0.1, 0.15) is 5.75 Å². The van der Waals surface area contributed by atoms with Gasteiger partial charge >= 0.3 is 6.11 Å². The van der Waals surface area contributed by atoms with Crippen molar-refractivity contribution in [3.63, 3.8) is 0 Å². The van der Waals surface area contributed by atoms with Gasteiger partial charge in [-0.25, -0.2) is 13.2 Å². The first-order chi connectivity index (χ1) is 17.2. The van der Waals surface area contributed by atoms with E-state index in [9.17, 15) is 22.0 Å². The minimum absolute atomic E-state index is 0.0445. The van der Waals surface area contributed by atoms with E-state index in [4.69, 9.17) is 9.47 Å². The van der Waals surface area contributed by atoms with Gasteiger partial charge in [0.2, 0.25) is 0 Å². The number of hydrogen-bond acceptors (Lipinski definition) is 2. The zero-order valence-electron chi connectivity index (χ0n) is 20.2. The summed E-state index contributed by atoms with van der Waals surface area (Å²) >= 11 is 0. The van der Waals surface area contributed by atoms with E-state index < -0.39 is 23.9 Å². The summed E-state index contributed by atoms with van der Waals surface area (Å²) in [5.41, 5.74) is 0.190. The van der Waals surface area contributed by atoms with Crippen LogP contribution in [0.5, 0.6) is 11.5 Å². The van der Waals surface area contributed by atoms with Crippen LogP contribution >= 0.6 is 0 Å². The molecule has 1 aliphatic rings. The average Bonchev–Trinajstić information content (AvgIpc) is 2.86. The Morgan fingerprint density at radius 1 is 0.889 bits per heavy atom. The monoisotopic (exact) mass is 504 g/mol. The number of alkyl halides is 4. The fourth-order valence-electron chi connectivity index (χ4n) is 4.76. The van der Waals surface area contributed by atoms with Gasteiger partial charge in [0.15, 0.2) is 11.6 Å². The summed E-state index contributed by atoms with van der Waals surface area (Å²) in [7, 11) is 0. The molecule has 0 spiro atoms. The zero-order chi connectivity index (χ0) is 25.9. The van der Waals surface area contributed by atoms with Crippen molar-refractivity contribution in [1.29, 1.82) is 0 Å². The highest BCUT2D eigenvalue weighted by Crippen LogP contribution is 2.40. The second kappa shape index (κ2) is 10.9. The third kappa shape index (κ3) is 5.66. The number of hydrogen-bond donors (Lipinski definition) is 0. The van der Waals surface area contributed by atoms with Gasteiger partial charge in [-0.1, -0.05) is 44.0 Å². The van der Waals surface area contributed by atoms with Crippen molar-refractivity contribution in [2.45, 2.75) is 58.0 Å². The van der Waals surface area contributed by atoms with Gasteiger partial charge in [-0.3, -0.25) is 0 Å². The highest BCUT2D eigenvalue weighted by Gasteiger charge is 2.35. The van der Waals surface area contributed by atoms with Crippen LogP contribution in [0.3, 0.4) is 0 Å². The van der Waals surface area contributed by atoms with Crippen LogP contribution < -0.4 is 9.47 Å². The van der Waals surface area contributed by atoms with Gasteiger partial charge in [-0.2, -0.15) is 8.78 Å². The van der Waals surface area contributed by atoms with Crippen LogP contribution in [0.1, 0.15) is 68.6 Å². The zero-order valence-corrected chi connectivity index (χ0v) is 20.2. The van der Waals surface area contributed by atoms with Crippen LogP contribution in [0.15, 0.2) is 60.7 Å². The molecule has 0 aliphatic heterocycles. The summed E-state index contributed by atoms with van der Waals surface area (Å²) in [5.74, 6) is -0.440. The SMILES string of the molecule is CCOc1ccc(-c2ccc(OC(F)(F)c3ccc(C4CCC(C)CC4)cc3)cc2)c(C(F)F)c1F. The molecule has 192 valence electrons. The Balaban J connectivity index is 1.50. The Morgan fingerprint density at radius 3 is 2.11 bits per heavy atom. The van der Waals surface area contributed by atoms with E-state index in [0.717, 1.165) is 31.2 Å². The van der Waals surface area contributed by atoms with E-state index in [2.05, 4.69) is 6.92 Å². The number of rotatable bonds is 8. The molecule has 0 atom stereocenters. The van der Waals surface area contributed by atoms with Gasteiger partial charge in [0, 0.05) is 0 Å². The van der Waals surface area contributed by atoms with Gasteiger partial charge in [-0.15, -0.1) is 0 Å². The first-order valence-corrected chi connectivity index (χ1v) is 12.2. The van der Waals surface area contributed by atoms with Crippen molar-refractivity contribution in [2.75, 3.05) is 6.61 Å². The normalized spacial score (nSPS) is 18.3. The molecule has 3 aromatic carbocycles. The Bertz CT molecular complexity index is 1150. The van der Waals surface area contributed by atoms with Crippen LogP contribution in [0.4, 0.5) is 22.0 Å². The molecule has 3 aromatic rings. The molecule has 1 saturated carbocycles. The molecule has 0 radical (unpaired) electrons. The quantitative estimate of drug-likeness (QED) is 0.285.